The van der Waals surface area contributed by atoms with E-state index < -0.39 is 17.9 Å². The van der Waals surface area contributed by atoms with Gasteiger partial charge in [0.05, 0.1) is 11.4 Å². The lowest BCUT2D eigenvalue weighted by Gasteiger charge is -2.08. The molecule has 1 rings (SSSR count). The van der Waals surface area contributed by atoms with Crippen LogP contribution >= 0.6 is 11.6 Å². The van der Waals surface area contributed by atoms with E-state index in [1.807, 2.05) is 0 Å². The van der Waals surface area contributed by atoms with Crippen molar-refractivity contribution in [3.05, 3.63) is 29.6 Å². The van der Waals surface area contributed by atoms with Crippen LogP contribution < -0.4 is 4.74 Å². The van der Waals surface area contributed by atoms with Gasteiger partial charge >= 0.3 is 6.36 Å². The topological polar surface area (TPSA) is 9.23 Å². The molecule has 1 aromatic rings. The molecule has 0 saturated heterocycles. The van der Waals surface area contributed by atoms with Crippen LogP contribution in [-0.2, 0) is 0 Å². The summed E-state index contributed by atoms with van der Waals surface area (Å²) < 4.78 is 52.2. The van der Waals surface area contributed by atoms with Crippen molar-refractivity contribution in [2.24, 2.45) is 0 Å². The molecule has 1 aromatic carbocycles. The van der Waals surface area contributed by atoms with E-state index in [1.54, 1.807) is 0 Å². The van der Waals surface area contributed by atoms with Crippen LogP contribution in [0.4, 0.5) is 17.6 Å². The van der Waals surface area contributed by atoms with Gasteiger partial charge in [0.1, 0.15) is 11.6 Å². The molecule has 0 amide bonds. The van der Waals surface area contributed by atoms with Gasteiger partial charge in [0.2, 0.25) is 0 Å². The molecule has 0 aliphatic heterocycles. The maximum atomic E-state index is 13.0. The minimum atomic E-state index is -4.81. The minimum absolute atomic E-state index is 0.0379. The van der Waals surface area contributed by atoms with E-state index >= 15 is 0 Å². The van der Waals surface area contributed by atoms with E-state index in [9.17, 15) is 17.6 Å². The zero-order chi connectivity index (χ0) is 12.2. The SMILES string of the molecule is Fc1ccc(OC(F)(F)F)cc1C#CCCl. The van der Waals surface area contributed by atoms with Crippen molar-refractivity contribution in [2.75, 3.05) is 5.88 Å². The molecule has 0 aromatic heterocycles. The normalized spacial score (nSPS) is 10.6. The molecular formula is C10H5ClF4O. The molecule has 6 heteroatoms. The summed E-state index contributed by atoms with van der Waals surface area (Å²) in [4.78, 5) is 0. The van der Waals surface area contributed by atoms with Gasteiger partial charge in [-0.25, -0.2) is 4.39 Å². The van der Waals surface area contributed by atoms with E-state index in [0.29, 0.717) is 0 Å². The Morgan fingerprint density at radius 2 is 2.00 bits per heavy atom. The van der Waals surface area contributed by atoms with Crippen LogP contribution in [-0.4, -0.2) is 12.2 Å². The molecule has 0 N–H and O–H groups in total. The fourth-order valence-corrected chi connectivity index (χ4v) is 0.993. The predicted molar refractivity (Wildman–Crippen MR) is 50.7 cm³/mol. The van der Waals surface area contributed by atoms with Crippen molar-refractivity contribution in [1.29, 1.82) is 0 Å². The highest BCUT2D eigenvalue weighted by Gasteiger charge is 2.31. The maximum absolute atomic E-state index is 13.0. The Morgan fingerprint density at radius 1 is 1.31 bits per heavy atom. The molecule has 0 aliphatic carbocycles. The molecule has 0 atom stereocenters. The summed E-state index contributed by atoms with van der Waals surface area (Å²) in [6.45, 7) is 0. The Balaban J connectivity index is 2.98. The summed E-state index contributed by atoms with van der Waals surface area (Å²) in [6, 6.07) is 2.58. The number of hydrogen-bond donors (Lipinski definition) is 0. The van der Waals surface area contributed by atoms with Gasteiger partial charge < -0.3 is 4.74 Å². The lowest BCUT2D eigenvalue weighted by molar-refractivity contribution is -0.274. The number of rotatable bonds is 1. The highest BCUT2D eigenvalue weighted by atomic mass is 35.5. The molecule has 0 spiro atoms. The van der Waals surface area contributed by atoms with Gasteiger partial charge in [-0.2, -0.15) is 0 Å². The molecule has 0 heterocycles. The largest absolute Gasteiger partial charge is 0.573 e. The smallest absolute Gasteiger partial charge is 0.406 e. The Labute approximate surface area is 94.0 Å². The quantitative estimate of drug-likeness (QED) is 0.423. The maximum Gasteiger partial charge on any atom is 0.573 e. The number of ether oxygens (including phenoxy) is 1. The van der Waals surface area contributed by atoms with Crippen molar-refractivity contribution in [3.63, 3.8) is 0 Å². The summed E-state index contributed by atoms with van der Waals surface area (Å²) in [6.07, 6.45) is -4.81. The minimum Gasteiger partial charge on any atom is -0.406 e. The Morgan fingerprint density at radius 3 is 2.56 bits per heavy atom. The molecule has 0 fully saturated rings. The van der Waals surface area contributed by atoms with Crippen LogP contribution in [0.3, 0.4) is 0 Å². The fourth-order valence-electron chi connectivity index (χ4n) is 0.926. The first kappa shape index (κ1) is 12.7. The van der Waals surface area contributed by atoms with E-state index in [-0.39, 0.29) is 11.4 Å². The van der Waals surface area contributed by atoms with Crippen molar-refractivity contribution >= 4 is 11.6 Å². The average molecular weight is 253 g/mol. The second-order valence-corrected chi connectivity index (χ2v) is 2.89. The van der Waals surface area contributed by atoms with Gasteiger partial charge in [-0.15, -0.1) is 24.8 Å². The van der Waals surface area contributed by atoms with Gasteiger partial charge in [-0.05, 0) is 18.2 Å². The third-order valence-corrected chi connectivity index (χ3v) is 1.59. The molecule has 0 bridgehead atoms. The van der Waals surface area contributed by atoms with Crippen LogP contribution in [0.15, 0.2) is 18.2 Å². The van der Waals surface area contributed by atoms with Crippen LogP contribution in [0.5, 0.6) is 5.75 Å². The van der Waals surface area contributed by atoms with E-state index in [1.165, 1.54) is 0 Å². The van der Waals surface area contributed by atoms with Crippen LogP contribution in [0.25, 0.3) is 0 Å². The lowest BCUT2D eigenvalue weighted by Crippen LogP contribution is -2.17. The summed E-state index contributed by atoms with van der Waals surface area (Å²) in [7, 11) is 0. The van der Waals surface area contributed by atoms with Gasteiger partial charge in [0.15, 0.2) is 0 Å². The third-order valence-electron chi connectivity index (χ3n) is 1.46. The summed E-state index contributed by atoms with van der Waals surface area (Å²) in [5, 5.41) is 0. The summed E-state index contributed by atoms with van der Waals surface area (Å²) in [5.74, 6) is 3.33. The Hall–Kier alpha value is -1.41. The van der Waals surface area contributed by atoms with Crippen molar-refractivity contribution < 1.29 is 22.3 Å². The molecule has 0 saturated carbocycles. The number of benzene rings is 1. The number of halogens is 5. The number of hydrogen-bond acceptors (Lipinski definition) is 1. The molecule has 16 heavy (non-hydrogen) atoms. The second kappa shape index (κ2) is 5.08. The van der Waals surface area contributed by atoms with Crippen LogP contribution in [0.1, 0.15) is 5.56 Å². The molecule has 1 nitrogen and oxygen atoms in total. The van der Waals surface area contributed by atoms with E-state index in [0.717, 1.165) is 18.2 Å². The number of alkyl halides is 4. The monoisotopic (exact) mass is 252 g/mol. The molecule has 86 valence electrons. The van der Waals surface area contributed by atoms with Crippen LogP contribution in [0, 0.1) is 17.7 Å². The highest BCUT2D eigenvalue weighted by Crippen LogP contribution is 2.24. The van der Waals surface area contributed by atoms with E-state index in [4.69, 9.17) is 11.6 Å². The lowest BCUT2D eigenvalue weighted by atomic mass is 10.2. The summed E-state index contributed by atoms with van der Waals surface area (Å²) >= 11 is 5.24. The zero-order valence-corrected chi connectivity index (χ0v) is 8.49. The van der Waals surface area contributed by atoms with Gasteiger partial charge in [-0.3, -0.25) is 0 Å². The van der Waals surface area contributed by atoms with Gasteiger partial charge in [0.25, 0.3) is 0 Å². The molecule has 0 unspecified atom stereocenters. The van der Waals surface area contributed by atoms with Gasteiger partial charge in [-0.1, -0.05) is 11.8 Å². The molecular weight excluding hydrogens is 248 g/mol. The second-order valence-electron chi connectivity index (χ2n) is 2.62. The first-order chi connectivity index (χ1) is 7.42. The fraction of sp³-hybridized carbons (Fsp3) is 0.200. The Bertz CT molecular complexity index is 431. The predicted octanol–water partition coefficient (Wildman–Crippen LogP) is 3.31. The Kier molecular flexibility index (Phi) is 4.02. The van der Waals surface area contributed by atoms with Crippen LogP contribution in [0.2, 0.25) is 0 Å². The van der Waals surface area contributed by atoms with Crippen molar-refractivity contribution in [2.45, 2.75) is 6.36 Å². The van der Waals surface area contributed by atoms with Crippen molar-refractivity contribution in [3.8, 4) is 17.6 Å². The molecule has 0 aliphatic rings. The summed E-state index contributed by atoms with van der Waals surface area (Å²) in [5.41, 5.74) is -0.192. The highest BCUT2D eigenvalue weighted by molar-refractivity contribution is 6.19. The van der Waals surface area contributed by atoms with Crippen molar-refractivity contribution in [1.82, 2.24) is 0 Å². The standard InChI is InChI=1S/C10H5ClF4O/c11-5-1-2-7-6-8(3-4-9(7)12)16-10(13,14)15/h3-4,6H,5H2. The average Bonchev–Trinajstić information content (AvgIpc) is 2.17. The van der Waals surface area contributed by atoms with E-state index in [2.05, 4.69) is 16.6 Å². The zero-order valence-electron chi connectivity index (χ0n) is 7.74. The van der Waals surface area contributed by atoms with Gasteiger partial charge in [0, 0.05) is 0 Å². The first-order valence-electron chi connectivity index (χ1n) is 4.02. The molecule has 0 radical (unpaired) electrons. The first-order valence-corrected chi connectivity index (χ1v) is 4.56. The third kappa shape index (κ3) is 3.99.